The molecule has 0 bridgehead atoms. The van der Waals surface area contributed by atoms with Crippen LogP contribution in [-0.2, 0) is 6.54 Å². The van der Waals surface area contributed by atoms with Crippen molar-refractivity contribution in [3.63, 3.8) is 0 Å². The Bertz CT molecular complexity index is 623. The first kappa shape index (κ1) is 15.0. The summed E-state index contributed by atoms with van der Waals surface area (Å²) in [4.78, 5) is 4.41. The predicted octanol–water partition coefficient (Wildman–Crippen LogP) is 2.57. The van der Waals surface area contributed by atoms with Crippen LogP contribution in [0.15, 0.2) is 18.5 Å². The Labute approximate surface area is 124 Å². The van der Waals surface area contributed by atoms with Gasteiger partial charge in [0.05, 0.1) is 27.7 Å². The van der Waals surface area contributed by atoms with Crippen molar-refractivity contribution in [2.45, 2.75) is 19.9 Å². The maximum absolute atomic E-state index is 6.18. The van der Waals surface area contributed by atoms with E-state index in [1.807, 2.05) is 10.6 Å². The molecule has 2 rings (SSSR count). The first-order valence-electron chi connectivity index (χ1n) is 6.77. The lowest BCUT2D eigenvalue weighted by Crippen LogP contribution is -2.02. The number of ether oxygens (including phenoxy) is 3. The summed E-state index contributed by atoms with van der Waals surface area (Å²) in [7, 11) is 4.78. The van der Waals surface area contributed by atoms with E-state index in [1.165, 1.54) is 0 Å². The minimum absolute atomic E-state index is 0.602. The van der Waals surface area contributed by atoms with Crippen LogP contribution in [0.25, 0.3) is 11.3 Å². The van der Waals surface area contributed by atoms with Crippen LogP contribution < -0.4 is 19.9 Å². The van der Waals surface area contributed by atoms with Crippen molar-refractivity contribution in [1.82, 2.24) is 9.55 Å². The standard InChI is InChI=1S/C15H21N3O3/c1-5-6-18-9-17-14(15(18)16)10-7-12(20-3)13(21-4)8-11(10)19-2/h7-9H,5-6,16H2,1-4H3. The zero-order valence-electron chi connectivity index (χ0n) is 12.8. The third-order valence-corrected chi connectivity index (χ3v) is 3.30. The van der Waals surface area contributed by atoms with Gasteiger partial charge in [0.15, 0.2) is 11.5 Å². The Hall–Kier alpha value is -2.37. The molecular formula is C15H21N3O3. The van der Waals surface area contributed by atoms with Crippen LogP contribution in [0.2, 0.25) is 0 Å². The zero-order chi connectivity index (χ0) is 15.4. The van der Waals surface area contributed by atoms with Gasteiger partial charge < -0.3 is 24.5 Å². The molecular weight excluding hydrogens is 270 g/mol. The molecule has 0 aliphatic heterocycles. The highest BCUT2D eigenvalue weighted by molar-refractivity contribution is 5.78. The number of aryl methyl sites for hydroxylation is 1. The summed E-state index contributed by atoms with van der Waals surface area (Å²) in [5, 5.41) is 0. The molecule has 2 N–H and O–H groups in total. The van der Waals surface area contributed by atoms with E-state index in [0.717, 1.165) is 18.5 Å². The van der Waals surface area contributed by atoms with Crippen molar-refractivity contribution in [2.24, 2.45) is 0 Å². The minimum atomic E-state index is 0.602. The molecule has 0 saturated heterocycles. The van der Waals surface area contributed by atoms with Crippen molar-refractivity contribution >= 4 is 5.82 Å². The van der Waals surface area contributed by atoms with Crippen LogP contribution in [0.1, 0.15) is 13.3 Å². The smallest absolute Gasteiger partial charge is 0.164 e. The lowest BCUT2D eigenvalue weighted by Gasteiger charge is -2.13. The summed E-state index contributed by atoms with van der Waals surface area (Å²) in [5.74, 6) is 2.46. The number of rotatable bonds is 6. The lowest BCUT2D eigenvalue weighted by molar-refractivity contribution is 0.349. The second-order valence-electron chi connectivity index (χ2n) is 4.58. The maximum Gasteiger partial charge on any atom is 0.164 e. The van der Waals surface area contributed by atoms with E-state index in [1.54, 1.807) is 33.7 Å². The number of nitrogens with two attached hydrogens (primary N) is 1. The molecule has 0 amide bonds. The molecule has 21 heavy (non-hydrogen) atoms. The van der Waals surface area contributed by atoms with Crippen molar-refractivity contribution in [2.75, 3.05) is 27.1 Å². The zero-order valence-corrected chi connectivity index (χ0v) is 12.8. The molecule has 0 radical (unpaired) electrons. The number of benzene rings is 1. The number of nitrogen functional groups attached to an aromatic ring is 1. The van der Waals surface area contributed by atoms with Gasteiger partial charge in [0.25, 0.3) is 0 Å². The van der Waals surface area contributed by atoms with Crippen LogP contribution >= 0.6 is 0 Å². The third kappa shape index (κ3) is 2.74. The summed E-state index contributed by atoms with van der Waals surface area (Å²) in [5.41, 5.74) is 7.64. The van der Waals surface area contributed by atoms with Crippen molar-refractivity contribution in [3.8, 4) is 28.5 Å². The fourth-order valence-corrected chi connectivity index (χ4v) is 2.23. The number of imidazole rings is 1. The van der Waals surface area contributed by atoms with Gasteiger partial charge >= 0.3 is 0 Å². The van der Waals surface area contributed by atoms with Crippen molar-refractivity contribution in [1.29, 1.82) is 0 Å². The topological polar surface area (TPSA) is 71.5 Å². The molecule has 114 valence electrons. The molecule has 0 atom stereocenters. The van der Waals surface area contributed by atoms with E-state index >= 15 is 0 Å². The summed E-state index contributed by atoms with van der Waals surface area (Å²) >= 11 is 0. The lowest BCUT2D eigenvalue weighted by atomic mass is 10.1. The van der Waals surface area contributed by atoms with Crippen LogP contribution in [0.4, 0.5) is 5.82 Å². The van der Waals surface area contributed by atoms with Gasteiger partial charge in [-0.3, -0.25) is 0 Å². The number of hydrogen-bond acceptors (Lipinski definition) is 5. The van der Waals surface area contributed by atoms with Crippen LogP contribution in [0, 0.1) is 0 Å². The second kappa shape index (κ2) is 6.39. The molecule has 0 fully saturated rings. The number of aromatic nitrogens is 2. The average Bonchev–Trinajstić information content (AvgIpc) is 2.87. The third-order valence-electron chi connectivity index (χ3n) is 3.30. The highest BCUT2D eigenvalue weighted by Crippen LogP contribution is 2.41. The number of nitrogens with zero attached hydrogens (tertiary/aromatic N) is 2. The predicted molar refractivity (Wildman–Crippen MR) is 82.0 cm³/mol. The molecule has 0 aliphatic carbocycles. The molecule has 0 spiro atoms. The Kier molecular flexibility index (Phi) is 4.57. The quantitative estimate of drug-likeness (QED) is 0.885. The van der Waals surface area contributed by atoms with Gasteiger partial charge in [-0.2, -0.15) is 0 Å². The Morgan fingerprint density at radius 2 is 1.67 bits per heavy atom. The van der Waals surface area contributed by atoms with Crippen LogP contribution in [0.3, 0.4) is 0 Å². The number of methoxy groups -OCH3 is 3. The molecule has 1 aromatic heterocycles. The molecule has 1 heterocycles. The van der Waals surface area contributed by atoms with E-state index in [2.05, 4.69) is 11.9 Å². The summed E-state index contributed by atoms with van der Waals surface area (Å²) in [6.45, 7) is 2.92. The number of anilines is 1. The van der Waals surface area contributed by atoms with Crippen LogP contribution in [-0.4, -0.2) is 30.9 Å². The first-order chi connectivity index (χ1) is 10.2. The van der Waals surface area contributed by atoms with Gasteiger partial charge in [-0.05, 0) is 12.5 Å². The Morgan fingerprint density at radius 3 is 2.24 bits per heavy atom. The number of hydrogen-bond donors (Lipinski definition) is 1. The average molecular weight is 291 g/mol. The molecule has 0 unspecified atom stereocenters. The Balaban J connectivity index is 2.57. The van der Waals surface area contributed by atoms with Gasteiger partial charge in [-0.25, -0.2) is 4.98 Å². The second-order valence-corrected chi connectivity index (χ2v) is 4.58. The van der Waals surface area contributed by atoms with Crippen LogP contribution in [0.5, 0.6) is 17.2 Å². The largest absolute Gasteiger partial charge is 0.496 e. The highest BCUT2D eigenvalue weighted by Gasteiger charge is 2.18. The monoisotopic (exact) mass is 291 g/mol. The van der Waals surface area contributed by atoms with E-state index < -0.39 is 0 Å². The molecule has 1 aromatic carbocycles. The van der Waals surface area contributed by atoms with Gasteiger partial charge in [0, 0.05) is 18.2 Å². The first-order valence-corrected chi connectivity index (χ1v) is 6.77. The Morgan fingerprint density at radius 1 is 1.05 bits per heavy atom. The summed E-state index contributed by atoms with van der Waals surface area (Å²) in [6, 6.07) is 3.60. The molecule has 0 aliphatic rings. The molecule has 0 saturated carbocycles. The summed E-state index contributed by atoms with van der Waals surface area (Å²) < 4.78 is 18.0. The highest BCUT2D eigenvalue weighted by atomic mass is 16.5. The van der Waals surface area contributed by atoms with E-state index in [-0.39, 0.29) is 0 Å². The van der Waals surface area contributed by atoms with E-state index in [9.17, 15) is 0 Å². The molecule has 6 heteroatoms. The summed E-state index contributed by atoms with van der Waals surface area (Å²) in [6.07, 6.45) is 2.73. The van der Waals surface area contributed by atoms with Crippen molar-refractivity contribution in [3.05, 3.63) is 18.5 Å². The van der Waals surface area contributed by atoms with E-state index in [0.29, 0.717) is 28.8 Å². The SMILES string of the molecule is CCCn1cnc(-c2cc(OC)c(OC)cc2OC)c1N. The fourth-order valence-electron chi connectivity index (χ4n) is 2.23. The fraction of sp³-hybridized carbons (Fsp3) is 0.400. The maximum atomic E-state index is 6.18. The van der Waals surface area contributed by atoms with Gasteiger partial charge in [-0.1, -0.05) is 6.92 Å². The van der Waals surface area contributed by atoms with Gasteiger partial charge in [0.1, 0.15) is 17.3 Å². The minimum Gasteiger partial charge on any atom is -0.496 e. The normalized spacial score (nSPS) is 10.5. The van der Waals surface area contributed by atoms with Gasteiger partial charge in [-0.15, -0.1) is 0 Å². The molecule has 6 nitrogen and oxygen atoms in total. The van der Waals surface area contributed by atoms with E-state index in [4.69, 9.17) is 19.9 Å². The van der Waals surface area contributed by atoms with Gasteiger partial charge in [0.2, 0.25) is 0 Å². The van der Waals surface area contributed by atoms with Crippen molar-refractivity contribution < 1.29 is 14.2 Å². The molecule has 2 aromatic rings.